The third kappa shape index (κ3) is 5.31. The molecule has 0 radical (unpaired) electrons. The molecule has 0 saturated heterocycles. The Morgan fingerprint density at radius 1 is 1.15 bits per heavy atom. The number of anilines is 1. The number of aromatic nitrogens is 1. The lowest BCUT2D eigenvalue weighted by atomic mass is 10.3. The Labute approximate surface area is 172 Å². The first-order chi connectivity index (χ1) is 12.5. The number of carbonyl (C=O) groups excluding carboxylic acids is 2. The highest BCUT2D eigenvalue weighted by Crippen LogP contribution is 2.26. The van der Waals surface area contributed by atoms with Gasteiger partial charge in [-0.1, -0.05) is 41.0 Å². The number of rotatable bonds is 7. The van der Waals surface area contributed by atoms with E-state index in [1.165, 1.54) is 34.4 Å². The number of thioether (sulfide) groups is 1. The van der Waals surface area contributed by atoms with Crippen molar-refractivity contribution < 1.29 is 9.59 Å². The van der Waals surface area contributed by atoms with Crippen LogP contribution in [0.25, 0.3) is 0 Å². The van der Waals surface area contributed by atoms with Gasteiger partial charge in [-0.3, -0.25) is 9.59 Å². The number of Topliss-reactive ketones (excluding diaryl/α,β-unsaturated/α-hetero) is 1. The molecule has 0 aliphatic rings. The summed E-state index contributed by atoms with van der Waals surface area (Å²) in [6, 6.07) is 8.58. The van der Waals surface area contributed by atoms with Crippen LogP contribution in [0.2, 0.25) is 10.0 Å². The number of ketones is 1. The molecule has 1 aromatic carbocycles. The molecule has 0 saturated carbocycles. The van der Waals surface area contributed by atoms with Crippen LogP contribution >= 0.6 is 57.6 Å². The number of benzene rings is 1. The molecular weight excluding hydrogens is 431 g/mol. The number of halogens is 2. The molecule has 26 heavy (non-hydrogen) atoms. The highest BCUT2D eigenvalue weighted by atomic mass is 35.5. The Hall–Kier alpha value is -1.38. The number of nitrogens with one attached hydrogen (secondary N) is 1. The zero-order valence-electron chi connectivity index (χ0n) is 13.2. The van der Waals surface area contributed by atoms with E-state index in [2.05, 4.69) is 10.3 Å². The second-order valence-electron chi connectivity index (χ2n) is 5.15. The van der Waals surface area contributed by atoms with Gasteiger partial charge in [0.25, 0.3) is 0 Å². The van der Waals surface area contributed by atoms with Crippen LogP contribution in [-0.2, 0) is 11.2 Å². The Morgan fingerprint density at radius 3 is 2.73 bits per heavy atom. The Bertz CT molecular complexity index is 926. The fraction of sp³-hybridized carbons (Fsp3) is 0.118. The van der Waals surface area contributed by atoms with Crippen molar-refractivity contribution in [3.8, 4) is 0 Å². The van der Waals surface area contributed by atoms with Gasteiger partial charge in [0.05, 0.1) is 32.8 Å². The average Bonchev–Trinajstić information content (AvgIpc) is 3.28. The molecule has 134 valence electrons. The van der Waals surface area contributed by atoms with Crippen LogP contribution in [0.15, 0.2) is 45.4 Å². The van der Waals surface area contributed by atoms with Crippen molar-refractivity contribution in [2.24, 2.45) is 0 Å². The summed E-state index contributed by atoms with van der Waals surface area (Å²) in [5.41, 5.74) is 1.24. The van der Waals surface area contributed by atoms with Gasteiger partial charge in [-0.05, 0) is 29.6 Å². The van der Waals surface area contributed by atoms with E-state index in [0.29, 0.717) is 27.2 Å². The lowest BCUT2D eigenvalue weighted by Gasteiger charge is -2.05. The van der Waals surface area contributed by atoms with Gasteiger partial charge in [0.15, 0.2) is 10.1 Å². The van der Waals surface area contributed by atoms with Gasteiger partial charge in [-0.15, -0.1) is 22.7 Å². The van der Waals surface area contributed by atoms with E-state index in [0.717, 1.165) is 9.22 Å². The standard InChI is InChI=1S/C17H12Cl2N2O2S3/c18-12-4-3-10(6-13(12)19)20-16(23)7-11-8-25-17(21-11)26-9-14(22)15-2-1-5-24-15/h1-6,8H,7,9H2,(H,20,23). The van der Waals surface area contributed by atoms with Crippen LogP contribution in [0, 0.1) is 0 Å². The number of thiophene rings is 1. The number of hydrogen-bond acceptors (Lipinski definition) is 6. The summed E-state index contributed by atoms with van der Waals surface area (Å²) in [6.45, 7) is 0. The second-order valence-corrected chi connectivity index (χ2v) is 8.99. The van der Waals surface area contributed by atoms with Crippen LogP contribution in [0.3, 0.4) is 0 Å². The minimum atomic E-state index is -0.195. The molecule has 0 aliphatic heterocycles. The number of thiazole rings is 1. The van der Waals surface area contributed by atoms with Gasteiger partial charge in [0.2, 0.25) is 5.91 Å². The van der Waals surface area contributed by atoms with Crippen molar-refractivity contribution in [2.75, 3.05) is 11.1 Å². The quantitative estimate of drug-likeness (QED) is 0.378. The van der Waals surface area contributed by atoms with Crippen molar-refractivity contribution in [3.63, 3.8) is 0 Å². The first kappa shape index (κ1) is 19.4. The molecule has 2 heterocycles. The maximum Gasteiger partial charge on any atom is 0.230 e. The normalized spacial score (nSPS) is 10.7. The lowest BCUT2D eigenvalue weighted by molar-refractivity contribution is -0.115. The highest BCUT2D eigenvalue weighted by Gasteiger charge is 2.12. The molecular formula is C17H12Cl2N2O2S3. The van der Waals surface area contributed by atoms with Gasteiger partial charge >= 0.3 is 0 Å². The van der Waals surface area contributed by atoms with Crippen LogP contribution in [-0.4, -0.2) is 22.4 Å². The maximum absolute atomic E-state index is 12.1. The van der Waals surface area contributed by atoms with Crippen molar-refractivity contribution in [1.29, 1.82) is 0 Å². The summed E-state index contributed by atoms with van der Waals surface area (Å²) in [5, 5.41) is 7.28. The van der Waals surface area contributed by atoms with Crippen LogP contribution in [0.4, 0.5) is 5.69 Å². The first-order valence-electron chi connectivity index (χ1n) is 7.40. The fourth-order valence-corrected chi connectivity index (χ4v) is 4.80. The van der Waals surface area contributed by atoms with Crippen molar-refractivity contribution >= 4 is 75.0 Å². The van der Waals surface area contributed by atoms with Crippen LogP contribution < -0.4 is 5.32 Å². The molecule has 0 aliphatic carbocycles. The molecule has 3 rings (SSSR count). The number of amides is 1. The van der Waals surface area contributed by atoms with E-state index >= 15 is 0 Å². The van der Waals surface area contributed by atoms with Crippen molar-refractivity contribution in [1.82, 2.24) is 4.98 Å². The fourth-order valence-electron chi connectivity index (χ4n) is 2.02. The Morgan fingerprint density at radius 2 is 2.00 bits per heavy atom. The third-order valence-electron chi connectivity index (χ3n) is 3.20. The molecule has 3 aromatic rings. The van der Waals surface area contributed by atoms with Crippen LogP contribution in [0.5, 0.6) is 0 Å². The summed E-state index contributed by atoms with van der Waals surface area (Å²) in [5.74, 6) is 0.224. The van der Waals surface area contributed by atoms with Gasteiger partial charge < -0.3 is 5.32 Å². The van der Waals surface area contributed by atoms with E-state index in [1.807, 2.05) is 22.9 Å². The smallest absolute Gasteiger partial charge is 0.230 e. The van der Waals surface area contributed by atoms with E-state index in [9.17, 15) is 9.59 Å². The van der Waals surface area contributed by atoms with E-state index in [4.69, 9.17) is 23.2 Å². The van der Waals surface area contributed by atoms with Gasteiger partial charge in [-0.2, -0.15) is 0 Å². The molecule has 0 fully saturated rings. The Kier molecular flexibility index (Phi) is 6.72. The minimum absolute atomic E-state index is 0.0825. The van der Waals surface area contributed by atoms with E-state index in [1.54, 1.807) is 18.2 Å². The molecule has 0 bridgehead atoms. The summed E-state index contributed by atoms with van der Waals surface area (Å²) < 4.78 is 0.771. The third-order valence-corrected chi connectivity index (χ3v) is 6.92. The minimum Gasteiger partial charge on any atom is -0.326 e. The predicted octanol–water partition coefficient (Wildman–Crippen LogP) is 5.67. The SMILES string of the molecule is O=C(Cc1csc(SCC(=O)c2cccs2)n1)Nc1ccc(Cl)c(Cl)c1. The average molecular weight is 443 g/mol. The first-order valence-corrected chi connectivity index (χ1v) is 10.9. The largest absolute Gasteiger partial charge is 0.326 e. The monoisotopic (exact) mass is 442 g/mol. The molecule has 1 amide bonds. The van der Waals surface area contributed by atoms with Gasteiger partial charge in [0, 0.05) is 11.1 Å². The van der Waals surface area contributed by atoms with Gasteiger partial charge in [-0.25, -0.2) is 4.98 Å². The van der Waals surface area contributed by atoms with E-state index in [-0.39, 0.29) is 18.1 Å². The van der Waals surface area contributed by atoms with E-state index < -0.39 is 0 Å². The molecule has 0 atom stereocenters. The lowest BCUT2D eigenvalue weighted by Crippen LogP contribution is -2.14. The highest BCUT2D eigenvalue weighted by molar-refractivity contribution is 8.01. The molecule has 9 heteroatoms. The zero-order chi connectivity index (χ0) is 18.5. The molecule has 0 unspecified atom stereocenters. The summed E-state index contributed by atoms with van der Waals surface area (Å²) in [7, 11) is 0. The van der Waals surface area contributed by atoms with Gasteiger partial charge in [0.1, 0.15) is 0 Å². The zero-order valence-corrected chi connectivity index (χ0v) is 17.2. The molecule has 4 nitrogen and oxygen atoms in total. The summed E-state index contributed by atoms with van der Waals surface area (Å²) >= 11 is 16.0. The van der Waals surface area contributed by atoms with Crippen molar-refractivity contribution in [2.45, 2.75) is 10.8 Å². The molecule has 0 spiro atoms. The second kappa shape index (κ2) is 9.01. The van der Waals surface area contributed by atoms with Crippen LogP contribution in [0.1, 0.15) is 15.4 Å². The topological polar surface area (TPSA) is 59.1 Å². The predicted molar refractivity (Wildman–Crippen MR) is 110 cm³/mol. The van der Waals surface area contributed by atoms with Crippen molar-refractivity contribution in [3.05, 3.63) is 61.7 Å². The maximum atomic E-state index is 12.1. The Balaban J connectivity index is 1.52. The molecule has 1 N–H and O–H groups in total. The number of hydrogen-bond donors (Lipinski definition) is 1. The number of carbonyl (C=O) groups is 2. The molecule has 2 aromatic heterocycles. The summed E-state index contributed by atoms with van der Waals surface area (Å²) in [4.78, 5) is 29.3. The number of nitrogens with zero attached hydrogens (tertiary/aromatic N) is 1. The summed E-state index contributed by atoms with van der Waals surface area (Å²) in [6.07, 6.45) is 0.149.